The lowest BCUT2D eigenvalue weighted by Crippen LogP contribution is -2.10. The van der Waals surface area contributed by atoms with Gasteiger partial charge in [-0.2, -0.15) is 0 Å². The Bertz CT molecular complexity index is 3200. The Morgan fingerprint density at radius 1 is 0.447 bits per heavy atom. The van der Waals surface area contributed by atoms with Crippen LogP contribution in [0.5, 0.6) is 0 Å². The summed E-state index contributed by atoms with van der Waals surface area (Å²) in [5.74, 6) is 0. The lowest BCUT2D eigenvalue weighted by molar-refractivity contribution is 0.669. The van der Waals surface area contributed by atoms with Gasteiger partial charge < -0.3 is 13.7 Å². The average Bonchev–Trinajstić information content (AvgIpc) is 3.79. The zero-order valence-corrected chi connectivity index (χ0v) is 24.8. The molecule has 0 unspecified atom stereocenters. The SMILES string of the molecule is [2H]c1c([2H])c([2H])c2c(N(c3ccc(-c4cccc5oc6ccccc6c45)cc3)c3cccc4oc5c6ccccc6ccc5c34)c([2H])c([2H])c([2H])c2c1[2H]. The van der Waals surface area contributed by atoms with E-state index in [0.29, 0.717) is 22.5 Å². The van der Waals surface area contributed by atoms with Crippen molar-refractivity contribution in [3.05, 3.63) is 164 Å². The van der Waals surface area contributed by atoms with Gasteiger partial charge >= 0.3 is 0 Å². The topological polar surface area (TPSA) is 29.5 Å². The van der Waals surface area contributed by atoms with Crippen molar-refractivity contribution in [2.45, 2.75) is 0 Å². The zero-order chi connectivity index (χ0) is 37.0. The van der Waals surface area contributed by atoms with E-state index in [9.17, 15) is 1.37 Å². The van der Waals surface area contributed by atoms with E-state index >= 15 is 0 Å². The van der Waals surface area contributed by atoms with Crippen LogP contribution in [0, 0.1) is 0 Å². The van der Waals surface area contributed by atoms with Crippen LogP contribution >= 0.6 is 0 Å². The predicted octanol–water partition coefficient (Wildman–Crippen LogP) is 12.9. The van der Waals surface area contributed by atoms with Crippen LogP contribution in [0.4, 0.5) is 17.1 Å². The van der Waals surface area contributed by atoms with E-state index in [2.05, 4.69) is 0 Å². The van der Waals surface area contributed by atoms with E-state index < -0.39 is 36.3 Å². The fourth-order valence-corrected chi connectivity index (χ4v) is 6.88. The van der Waals surface area contributed by atoms with Crippen LogP contribution in [0.3, 0.4) is 0 Å². The smallest absolute Gasteiger partial charge is 0.143 e. The molecule has 0 bridgehead atoms. The summed E-state index contributed by atoms with van der Waals surface area (Å²) >= 11 is 0. The standard InChI is InChI=1S/C44H27NO2/c1-3-13-32-28(10-1)12-7-17-37(32)45(38-18-9-21-41-43(38)36-27-24-29-11-2-4-14-34(29)44(36)47-41)31-25-22-30(23-26-31)33-16-8-20-40-42(33)35-15-5-6-19-39(35)46-40/h1-27H/i1D,3D,7D,10D,12D,13D,17D. The Labute approximate surface area is 280 Å². The second kappa shape index (κ2) is 10.1. The first-order chi connectivity index (χ1) is 26.2. The number of benzene rings is 8. The molecule has 2 heterocycles. The van der Waals surface area contributed by atoms with Crippen molar-refractivity contribution < 1.29 is 18.4 Å². The molecule has 0 radical (unpaired) electrons. The number of rotatable bonds is 4. The van der Waals surface area contributed by atoms with Gasteiger partial charge in [-0.1, -0.05) is 115 Å². The van der Waals surface area contributed by atoms with Gasteiger partial charge in [-0.25, -0.2) is 0 Å². The second-order valence-corrected chi connectivity index (χ2v) is 11.5. The fraction of sp³-hybridized carbons (Fsp3) is 0. The minimum absolute atomic E-state index is 0.0130. The van der Waals surface area contributed by atoms with Crippen molar-refractivity contribution in [3.8, 4) is 11.1 Å². The van der Waals surface area contributed by atoms with Gasteiger partial charge in [0.25, 0.3) is 0 Å². The molecule has 0 saturated heterocycles. The highest BCUT2D eigenvalue weighted by Gasteiger charge is 2.22. The molecule has 0 spiro atoms. The molecule has 3 nitrogen and oxygen atoms in total. The lowest BCUT2D eigenvalue weighted by atomic mass is 9.98. The third kappa shape index (κ3) is 3.93. The van der Waals surface area contributed by atoms with Gasteiger partial charge in [0.2, 0.25) is 0 Å². The van der Waals surface area contributed by atoms with Gasteiger partial charge in [-0.05, 0) is 70.4 Å². The number of nitrogens with zero attached hydrogens (tertiary/aromatic N) is 1. The molecule has 0 aliphatic heterocycles. The maximum absolute atomic E-state index is 9.37. The summed E-state index contributed by atoms with van der Waals surface area (Å²) < 4.78 is 74.8. The van der Waals surface area contributed by atoms with Crippen LogP contribution in [0.25, 0.3) is 76.5 Å². The van der Waals surface area contributed by atoms with Crippen molar-refractivity contribution >= 4 is 82.5 Å². The van der Waals surface area contributed by atoms with Crippen LogP contribution in [-0.4, -0.2) is 0 Å². The van der Waals surface area contributed by atoms with Crippen LogP contribution in [0.1, 0.15) is 9.60 Å². The molecule has 0 saturated carbocycles. The monoisotopic (exact) mass is 608 g/mol. The van der Waals surface area contributed by atoms with Crippen LogP contribution in [-0.2, 0) is 0 Å². The van der Waals surface area contributed by atoms with Gasteiger partial charge in [-0.3, -0.25) is 0 Å². The average molecular weight is 609 g/mol. The highest BCUT2D eigenvalue weighted by atomic mass is 16.3. The fourth-order valence-electron chi connectivity index (χ4n) is 6.88. The molecule has 10 rings (SSSR count). The van der Waals surface area contributed by atoms with E-state index in [4.69, 9.17) is 17.1 Å². The number of hydrogen-bond acceptors (Lipinski definition) is 3. The van der Waals surface area contributed by atoms with Crippen molar-refractivity contribution in [2.75, 3.05) is 4.90 Å². The third-order valence-corrected chi connectivity index (χ3v) is 8.96. The van der Waals surface area contributed by atoms with Crippen LogP contribution in [0.15, 0.2) is 172 Å². The quantitative estimate of drug-likeness (QED) is 0.199. The van der Waals surface area contributed by atoms with E-state index in [1.165, 1.54) is 0 Å². The Morgan fingerprint density at radius 3 is 2.11 bits per heavy atom. The first-order valence-corrected chi connectivity index (χ1v) is 15.4. The molecule has 0 fully saturated rings. The lowest BCUT2D eigenvalue weighted by Gasteiger charge is -2.27. The van der Waals surface area contributed by atoms with Crippen molar-refractivity contribution in [1.29, 1.82) is 0 Å². The summed E-state index contributed by atoms with van der Waals surface area (Å²) in [5, 5.41) is 5.35. The van der Waals surface area contributed by atoms with Crippen molar-refractivity contribution in [1.82, 2.24) is 0 Å². The maximum Gasteiger partial charge on any atom is 0.143 e. The van der Waals surface area contributed by atoms with Crippen molar-refractivity contribution in [2.24, 2.45) is 0 Å². The molecule has 220 valence electrons. The third-order valence-electron chi connectivity index (χ3n) is 8.96. The second-order valence-electron chi connectivity index (χ2n) is 11.5. The summed E-state index contributed by atoms with van der Waals surface area (Å²) in [5.41, 5.74) is 5.93. The Hall–Kier alpha value is -6.32. The summed E-state index contributed by atoms with van der Waals surface area (Å²) in [6, 6.07) is 36.2. The van der Waals surface area contributed by atoms with E-state index in [1.807, 2.05) is 121 Å². The van der Waals surface area contributed by atoms with Crippen molar-refractivity contribution in [3.63, 3.8) is 0 Å². The molecule has 10 aromatic rings. The number of para-hydroxylation sites is 1. The molecule has 0 aliphatic rings. The zero-order valence-electron chi connectivity index (χ0n) is 31.8. The summed E-state index contributed by atoms with van der Waals surface area (Å²) in [7, 11) is 0. The molecule has 2 aromatic heterocycles. The van der Waals surface area contributed by atoms with Gasteiger partial charge in [-0.15, -0.1) is 0 Å². The van der Waals surface area contributed by atoms with E-state index in [0.717, 1.165) is 54.6 Å². The van der Waals surface area contributed by atoms with Gasteiger partial charge in [0.05, 0.1) is 26.4 Å². The van der Waals surface area contributed by atoms with Crippen LogP contribution in [0.2, 0.25) is 0 Å². The van der Waals surface area contributed by atoms with E-state index in [1.54, 1.807) is 4.90 Å². The van der Waals surface area contributed by atoms with Gasteiger partial charge in [0.15, 0.2) is 0 Å². The summed E-state index contributed by atoms with van der Waals surface area (Å²) in [4.78, 5) is 1.77. The van der Waals surface area contributed by atoms with E-state index in [-0.39, 0.29) is 22.5 Å². The molecule has 0 N–H and O–H groups in total. The molecule has 0 atom stereocenters. The molecule has 8 aromatic carbocycles. The maximum atomic E-state index is 9.37. The Balaban J connectivity index is 1.29. The Morgan fingerprint density at radius 2 is 1.19 bits per heavy atom. The first-order valence-electron chi connectivity index (χ1n) is 18.9. The number of furan rings is 2. The molecular formula is C44H27NO2. The Kier molecular flexibility index (Phi) is 4.28. The number of anilines is 3. The summed E-state index contributed by atoms with van der Waals surface area (Å²) in [6.45, 7) is 0. The highest BCUT2D eigenvalue weighted by molar-refractivity contribution is 6.20. The van der Waals surface area contributed by atoms with Gasteiger partial charge in [0, 0.05) is 32.6 Å². The first kappa shape index (κ1) is 19.9. The minimum Gasteiger partial charge on any atom is -0.456 e. The summed E-state index contributed by atoms with van der Waals surface area (Å²) in [6.07, 6.45) is 0. The molecule has 47 heavy (non-hydrogen) atoms. The van der Waals surface area contributed by atoms with Gasteiger partial charge in [0.1, 0.15) is 22.3 Å². The van der Waals surface area contributed by atoms with Crippen LogP contribution < -0.4 is 4.90 Å². The predicted molar refractivity (Wildman–Crippen MR) is 196 cm³/mol. The molecule has 0 amide bonds. The molecule has 3 heteroatoms. The largest absolute Gasteiger partial charge is 0.456 e. The normalized spacial score (nSPS) is 13.9. The molecule has 0 aliphatic carbocycles. The number of hydrogen-bond donors (Lipinski definition) is 0. The minimum atomic E-state index is -0.504. The molecular weight excluding hydrogens is 574 g/mol. The number of fused-ring (bicyclic) bond motifs is 9. The highest BCUT2D eigenvalue weighted by Crippen LogP contribution is 2.46.